The molecule has 1 aliphatic rings. The molecule has 0 saturated heterocycles. The summed E-state index contributed by atoms with van der Waals surface area (Å²) in [5, 5.41) is 12.1. The highest BCUT2D eigenvalue weighted by atomic mass is 16.4. The van der Waals surface area contributed by atoms with Crippen molar-refractivity contribution >= 4 is 5.97 Å². The molecule has 0 heterocycles. The van der Waals surface area contributed by atoms with Crippen molar-refractivity contribution in [3.63, 3.8) is 0 Å². The van der Waals surface area contributed by atoms with E-state index in [4.69, 9.17) is 10.6 Å². The quantitative estimate of drug-likeness (QED) is 0.372. The largest absolute Gasteiger partial charge is 0.481 e. The smallest absolute Gasteiger partial charge is 0.306 e. The molecule has 5 heteroatoms. The van der Waals surface area contributed by atoms with Gasteiger partial charge in [-0.15, -0.1) is 0 Å². The van der Waals surface area contributed by atoms with Crippen molar-refractivity contribution in [1.82, 2.24) is 0 Å². The van der Waals surface area contributed by atoms with Crippen LogP contribution in [0.5, 0.6) is 0 Å². The zero-order chi connectivity index (χ0) is 8.27. The third kappa shape index (κ3) is 1.62. The zero-order valence-electron chi connectivity index (χ0n) is 5.97. The Hall–Kier alpha value is -1.22. The van der Waals surface area contributed by atoms with Gasteiger partial charge < -0.3 is 5.11 Å². The molecule has 0 aromatic carbocycles. The van der Waals surface area contributed by atoms with Gasteiger partial charge in [0.15, 0.2) is 0 Å². The van der Waals surface area contributed by atoms with E-state index in [2.05, 4.69) is 10.0 Å². The first-order valence-electron chi connectivity index (χ1n) is 3.52. The van der Waals surface area contributed by atoms with Crippen molar-refractivity contribution in [3.8, 4) is 0 Å². The van der Waals surface area contributed by atoms with E-state index in [1.165, 1.54) is 0 Å². The van der Waals surface area contributed by atoms with Crippen LogP contribution in [0.2, 0.25) is 0 Å². The molecule has 11 heavy (non-hydrogen) atoms. The van der Waals surface area contributed by atoms with Crippen LogP contribution in [0, 0.1) is 5.92 Å². The number of nitrogens with zero attached hydrogens (tertiary/aromatic N) is 3. The fraction of sp³-hybridized carbons (Fsp3) is 0.833. The average Bonchev–Trinajstić information content (AvgIpc) is 2.36. The van der Waals surface area contributed by atoms with Gasteiger partial charge in [-0.25, -0.2) is 0 Å². The minimum atomic E-state index is -0.847. The molecule has 0 unspecified atom stereocenters. The summed E-state index contributed by atoms with van der Waals surface area (Å²) in [6.45, 7) is 0. The SMILES string of the molecule is [N-]=[N+]=N[C@H]1CCC[C@@H]1C(=O)O. The number of rotatable bonds is 2. The molecular weight excluding hydrogens is 146 g/mol. The first-order chi connectivity index (χ1) is 5.25. The van der Waals surface area contributed by atoms with E-state index in [1.54, 1.807) is 0 Å². The van der Waals surface area contributed by atoms with E-state index < -0.39 is 11.9 Å². The Morgan fingerprint density at radius 1 is 1.64 bits per heavy atom. The van der Waals surface area contributed by atoms with Crippen LogP contribution in [-0.2, 0) is 4.79 Å². The number of carbonyl (C=O) groups is 1. The molecule has 1 N–H and O–H groups in total. The fourth-order valence-electron chi connectivity index (χ4n) is 1.43. The molecule has 60 valence electrons. The third-order valence-electron chi connectivity index (χ3n) is 2.00. The predicted octanol–water partition coefficient (Wildman–Crippen LogP) is 1.55. The zero-order valence-corrected chi connectivity index (χ0v) is 5.97. The minimum Gasteiger partial charge on any atom is -0.481 e. The second-order valence-electron chi connectivity index (χ2n) is 2.65. The molecule has 0 aromatic rings. The molecular formula is C6H9N3O2. The van der Waals surface area contributed by atoms with E-state index in [0.29, 0.717) is 12.8 Å². The number of aliphatic carboxylic acids is 1. The highest BCUT2D eigenvalue weighted by molar-refractivity contribution is 5.71. The number of hydrogen-bond donors (Lipinski definition) is 1. The van der Waals surface area contributed by atoms with Crippen LogP contribution in [0.25, 0.3) is 10.4 Å². The van der Waals surface area contributed by atoms with Gasteiger partial charge in [-0.05, 0) is 18.4 Å². The van der Waals surface area contributed by atoms with Crippen LogP contribution >= 0.6 is 0 Å². The summed E-state index contributed by atoms with van der Waals surface area (Å²) in [7, 11) is 0. The highest BCUT2D eigenvalue weighted by Crippen LogP contribution is 2.28. The first-order valence-corrected chi connectivity index (χ1v) is 3.52. The highest BCUT2D eigenvalue weighted by Gasteiger charge is 2.31. The van der Waals surface area contributed by atoms with Crippen LogP contribution in [0.1, 0.15) is 19.3 Å². The van der Waals surface area contributed by atoms with Crippen molar-refractivity contribution in [3.05, 3.63) is 10.4 Å². The standard InChI is InChI=1S/C6H9N3O2/c7-9-8-5-3-1-2-4(5)6(10)11/h4-5H,1-3H2,(H,10,11)/t4-,5-/m0/s1. The molecule has 1 saturated carbocycles. The van der Waals surface area contributed by atoms with E-state index in [9.17, 15) is 4.79 Å². The summed E-state index contributed by atoms with van der Waals surface area (Å²) in [6, 6.07) is -0.322. The van der Waals surface area contributed by atoms with Gasteiger partial charge in [0, 0.05) is 4.91 Å². The molecule has 0 aromatic heterocycles. The lowest BCUT2D eigenvalue weighted by Crippen LogP contribution is -2.20. The average molecular weight is 155 g/mol. The van der Waals surface area contributed by atoms with Gasteiger partial charge in [0.1, 0.15) is 0 Å². The van der Waals surface area contributed by atoms with E-state index in [0.717, 1.165) is 6.42 Å². The molecule has 0 spiro atoms. The van der Waals surface area contributed by atoms with Gasteiger partial charge in [0.05, 0.1) is 12.0 Å². The summed E-state index contributed by atoms with van der Waals surface area (Å²) in [5.41, 5.74) is 8.09. The van der Waals surface area contributed by atoms with Crippen molar-refractivity contribution < 1.29 is 9.90 Å². The fourth-order valence-corrected chi connectivity index (χ4v) is 1.43. The van der Waals surface area contributed by atoms with Crippen LogP contribution < -0.4 is 0 Å². The van der Waals surface area contributed by atoms with E-state index >= 15 is 0 Å². The van der Waals surface area contributed by atoms with Crippen LogP contribution in [0.15, 0.2) is 5.11 Å². The normalized spacial score (nSPS) is 29.5. The molecule has 0 amide bonds. The second-order valence-corrected chi connectivity index (χ2v) is 2.65. The molecule has 5 nitrogen and oxygen atoms in total. The minimum absolute atomic E-state index is 0.322. The molecule has 0 aliphatic heterocycles. The van der Waals surface area contributed by atoms with Gasteiger partial charge >= 0.3 is 5.97 Å². The Morgan fingerprint density at radius 2 is 2.36 bits per heavy atom. The third-order valence-corrected chi connectivity index (χ3v) is 2.00. The van der Waals surface area contributed by atoms with Gasteiger partial charge in [-0.3, -0.25) is 4.79 Å². The lowest BCUT2D eigenvalue weighted by molar-refractivity contribution is -0.141. The number of azide groups is 1. The van der Waals surface area contributed by atoms with Crippen LogP contribution in [0.4, 0.5) is 0 Å². The predicted molar refractivity (Wildman–Crippen MR) is 37.9 cm³/mol. The topological polar surface area (TPSA) is 86.1 Å². The Morgan fingerprint density at radius 3 is 2.91 bits per heavy atom. The maximum Gasteiger partial charge on any atom is 0.306 e. The van der Waals surface area contributed by atoms with Crippen LogP contribution in [-0.4, -0.2) is 17.1 Å². The summed E-state index contributed by atoms with van der Waals surface area (Å²) in [6.07, 6.45) is 2.20. The van der Waals surface area contributed by atoms with Gasteiger partial charge in [0.25, 0.3) is 0 Å². The Labute approximate surface area is 63.6 Å². The Balaban J connectivity index is 2.64. The van der Waals surface area contributed by atoms with Crippen molar-refractivity contribution in [2.75, 3.05) is 0 Å². The van der Waals surface area contributed by atoms with Crippen molar-refractivity contribution in [2.24, 2.45) is 11.0 Å². The van der Waals surface area contributed by atoms with Crippen LogP contribution in [0.3, 0.4) is 0 Å². The molecule has 1 fully saturated rings. The van der Waals surface area contributed by atoms with Gasteiger partial charge in [-0.1, -0.05) is 11.5 Å². The molecule has 2 atom stereocenters. The number of carboxylic acid groups (broad SMARTS) is 1. The summed E-state index contributed by atoms with van der Waals surface area (Å²) in [5.74, 6) is -1.30. The Bertz CT molecular complexity index is 202. The maximum absolute atomic E-state index is 10.5. The number of hydrogen-bond acceptors (Lipinski definition) is 2. The summed E-state index contributed by atoms with van der Waals surface area (Å²) >= 11 is 0. The maximum atomic E-state index is 10.5. The Kier molecular flexibility index (Phi) is 2.33. The van der Waals surface area contributed by atoms with Crippen molar-refractivity contribution in [2.45, 2.75) is 25.3 Å². The monoisotopic (exact) mass is 155 g/mol. The summed E-state index contributed by atoms with van der Waals surface area (Å²) < 4.78 is 0. The summed E-state index contributed by atoms with van der Waals surface area (Å²) in [4.78, 5) is 13.1. The van der Waals surface area contributed by atoms with Crippen molar-refractivity contribution in [1.29, 1.82) is 0 Å². The van der Waals surface area contributed by atoms with Gasteiger partial charge in [0.2, 0.25) is 0 Å². The number of carboxylic acids is 1. The second kappa shape index (κ2) is 3.25. The molecule has 0 bridgehead atoms. The van der Waals surface area contributed by atoms with E-state index in [1.807, 2.05) is 0 Å². The van der Waals surface area contributed by atoms with Gasteiger partial charge in [-0.2, -0.15) is 0 Å². The lowest BCUT2D eigenvalue weighted by atomic mass is 10.1. The lowest BCUT2D eigenvalue weighted by Gasteiger charge is -2.07. The first kappa shape index (κ1) is 7.88. The van der Waals surface area contributed by atoms with E-state index in [-0.39, 0.29) is 6.04 Å². The molecule has 1 rings (SSSR count). The molecule has 1 aliphatic carbocycles. The molecule has 0 radical (unpaired) electrons.